The van der Waals surface area contributed by atoms with Gasteiger partial charge in [0.1, 0.15) is 6.04 Å². The molecule has 1 aromatic carbocycles. The monoisotopic (exact) mass is 382 g/mol. The van der Waals surface area contributed by atoms with Crippen molar-refractivity contribution in [2.24, 2.45) is 0 Å². The van der Waals surface area contributed by atoms with E-state index in [0.29, 0.717) is 6.61 Å². The maximum absolute atomic E-state index is 12.0. The van der Waals surface area contributed by atoms with Crippen LogP contribution in [0.3, 0.4) is 0 Å². The number of benzene rings is 1. The van der Waals surface area contributed by atoms with Crippen LogP contribution in [0.2, 0.25) is 0 Å². The first-order chi connectivity index (χ1) is 8.16. The standard InChI is InChI=1S/C12H15IN2O2.ClH/c1-8-11(14-6-7-17-8)12(16)15-10-4-2-9(13)3-5-10;/h2-5,8,11,14H,6-7H2,1H3,(H,15,16);1H/t8-,11+;/m1./s1. The van der Waals surface area contributed by atoms with Crippen LogP contribution in [-0.4, -0.2) is 31.2 Å². The van der Waals surface area contributed by atoms with Crippen LogP contribution in [0.4, 0.5) is 5.69 Å². The predicted octanol–water partition coefficient (Wildman–Crippen LogP) is 2.03. The molecule has 0 aliphatic carbocycles. The lowest BCUT2D eigenvalue weighted by atomic mass is 10.1. The van der Waals surface area contributed by atoms with Gasteiger partial charge in [0, 0.05) is 15.8 Å². The minimum Gasteiger partial charge on any atom is -0.375 e. The van der Waals surface area contributed by atoms with E-state index in [1.54, 1.807) is 0 Å². The summed E-state index contributed by atoms with van der Waals surface area (Å²) in [6.07, 6.45) is -0.0902. The lowest BCUT2D eigenvalue weighted by molar-refractivity contribution is -0.123. The SMILES string of the molecule is C[C@H]1OCCN[C@@H]1C(=O)Nc1ccc(I)cc1.Cl. The van der Waals surface area contributed by atoms with Gasteiger partial charge in [-0.1, -0.05) is 0 Å². The Morgan fingerprint density at radius 2 is 2.11 bits per heavy atom. The van der Waals surface area contributed by atoms with Crippen LogP contribution in [0.15, 0.2) is 24.3 Å². The first kappa shape index (κ1) is 15.7. The fourth-order valence-corrected chi connectivity index (χ4v) is 2.14. The molecule has 2 atom stereocenters. The zero-order valence-corrected chi connectivity index (χ0v) is 13.0. The maximum atomic E-state index is 12.0. The van der Waals surface area contributed by atoms with Crippen molar-refractivity contribution in [1.82, 2.24) is 5.32 Å². The summed E-state index contributed by atoms with van der Waals surface area (Å²) >= 11 is 2.23. The van der Waals surface area contributed by atoms with Crippen molar-refractivity contribution in [2.45, 2.75) is 19.1 Å². The van der Waals surface area contributed by atoms with Crippen molar-refractivity contribution in [2.75, 3.05) is 18.5 Å². The van der Waals surface area contributed by atoms with E-state index in [9.17, 15) is 4.79 Å². The normalized spacial score (nSPS) is 23.0. The summed E-state index contributed by atoms with van der Waals surface area (Å²) in [5, 5.41) is 6.05. The highest BCUT2D eigenvalue weighted by atomic mass is 127. The second-order valence-electron chi connectivity index (χ2n) is 4.00. The van der Waals surface area contributed by atoms with Crippen molar-refractivity contribution in [3.05, 3.63) is 27.8 Å². The van der Waals surface area contributed by atoms with E-state index in [0.717, 1.165) is 15.8 Å². The highest BCUT2D eigenvalue weighted by Crippen LogP contribution is 2.13. The average molecular weight is 383 g/mol. The van der Waals surface area contributed by atoms with Crippen LogP contribution in [-0.2, 0) is 9.53 Å². The van der Waals surface area contributed by atoms with E-state index in [2.05, 4.69) is 33.2 Å². The number of nitrogens with one attached hydrogen (secondary N) is 2. The number of carbonyl (C=O) groups is 1. The molecule has 0 radical (unpaired) electrons. The number of hydrogen-bond donors (Lipinski definition) is 2. The molecule has 0 unspecified atom stereocenters. The Bertz CT molecular complexity index is 400. The Balaban J connectivity index is 0.00000162. The molecule has 18 heavy (non-hydrogen) atoms. The Labute approximate surface area is 126 Å². The lowest BCUT2D eigenvalue weighted by Crippen LogP contribution is -2.53. The molecule has 0 bridgehead atoms. The highest BCUT2D eigenvalue weighted by molar-refractivity contribution is 14.1. The third-order valence-electron chi connectivity index (χ3n) is 2.71. The summed E-state index contributed by atoms with van der Waals surface area (Å²) in [5.41, 5.74) is 0.815. The molecule has 1 fully saturated rings. The second kappa shape index (κ2) is 7.28. The molecule has 100 valence electrons. The fourth-order valence-electron chi connectivity index (χ4n) is 1.78. The van der Waals surface area contributed by atoms with E-state index in [-0.39, 0.29) is 30.5 Å². The van der Waals surface area contributed by atoms with Crippen molar-refractivity contribution in [3.8, 4) is 0 Å². The van der Waals surface area contributed by atoms with Gasteiger partial charge in [-0.2, -0.15) is 0 Å². The highest BCUT2D eigenvalue weighted by Gasteiger charge is 2.28. The Kier molecular flexibility index (Phi) is 6.34. The smallest absolute Gasteiger partial charge is 0.244 e. The van der Waals surface area contributed by atoms with Crippen molar-refractivity contribution >= 4 is 46.6 Å². The van der Waals surface area contributed by atoms with Gasteiger partial charge >= 0.3 is 0 Å². The number of carbonyl (C=O) groups excluding carboxylic acids is 1. The number of halogens is 2. The zero-order chi connectivity index (χ0) is 12.3. The van der Waals surface area contributed by atoms with Gasteiger partial charge < -0.3 is 15.4 Å². The molecular weight excluding hydrogens is 367 g/mol. The molecule has 1 aliphatic rings. The van der Waals surface area contributed by atoms with Crippen molar-refractivity contribution in [3.63, 3.8) is 0 Å². The molecule has 6 heteroatoms. The minimum atomic E-state index is -0.275. The van der Waals surface area contributed by atoms with E-state index in [1.165, 1.54) is 0 Å². The summed E-state index contributed by atoms with van der Waals surface area (Å²) in [7, 11) is 0. The molecule has 1 saturated heterocycles. The van der Waals surface area contributed by atoms with Crippen LogP contribution >= 0.6 is 35.0 Å². The average Bonchev–Trinajstić information content (AvgIpc) is 2.32. The molecule has 2 N–H and O–H groups in total. The molecule has 2 rings (SSSR count). The van der Waals surface area contributed by atoms with Gasteiger partial charge in [-0.3, -0.25) is 4.79 Å². The summed E-state index contributed by atoms with van der Waals surface area (Å²) in [5.74, 6) is -0.0431. The third kappa shape index (κ3) is 4.08. The molecule has 1 aliphatic heterocycles. The molecule has 1 heterocycles. The number of amides is 1. The molecule has 0 spiro atoms. The quantitative estimate of drug-likeness (QED) is 0.770. The molecular formula is C12H16ClIN2O2. The summed E-state index contributed by atoms with van der Waals surface area (Å²) in [4.78, 5) is 12.0. The Morgan fingerprint density at radius 1 is 1.44 bits per heavy atom. The van der Waals surface area contributed by atoms with Crippen molar-refractivity contribution < 1.29 is 9.53 Å². The minimum absolute atomic E-state index is 0. The molecule has 1 amide bonds. The number of hydrogen-bond acceptors (Lipinski definition) is 3. The van der Waals surface area contributed by atoms with Gasteiger partial charge in [-0.25, -0.2) is 0 Å². The number of ether oxygens (including phenoxy) is 1. The van der Waals surface area contributed by atoms with Crippen LogP contribution in [0.25, 0.3) is 0 Å². The van der Waals surface area contributed by atoms with Gasteiger partial charge in [0.05, 0.1) is 12.7 Å². The second-order valence-corrected chi connectivity index (χ2v) is 5.25. The number of rotatable bonds is 2. The van der Waals surface area contributed by atoms with Crippen LogP contribution < -0.4 is 10.6 Å². The van der Waals surface area contributed by atoms with E-state index in [1.807, 2.05) is 31.2 Å². The van der Waals surface area contributed by atoms with Gasteiger partial charge in [0.15, 0.2) is 0 Å². The number of anilines is 1. The third-order valence-corrected chi connectivity index (χ3v) is 3.43. The van der Waals surface area contributed by atoms with Crippen LogP contribution in [0.5, 0.6) is 0 Å². The Hall–Kier alpha value is -0.370. The summed E-state index contributed by atoms with van der Waals surface area (Å²) < 4.78 is 6.59. The van der Waals surface area contributed by atoms with Gasteiger partial charge in [-0.15, -0.1) is 12.4 Å². The first-order valence-corrected chi connectivity index (χ1v) is 6.66. The molecule has 0 aromatic heterocycles. The van der Waals surface area contributed by atoms with E-state index < -0.39 is 0 Å². The molecule has 0 saturated carbocycles. The van der Waals surface area contributed by atoms with E-state index >= 15 is 0 Å². The maximum Gasteiger partial charge on any atom is 0.244 e. The largest absolute Gasteiger partial charge is 0.375 e. The fraction of sp³-hybridized carbons (Fsp3) is 0.417. The first-order valence-electron chi connectivity index (χ1n) is 5.58. The van der Waals surface area contributed by atoms with Gasteiger partial charge in [-0.05, 0) is 53.8 Å². The van der Waals surface area contributed by atoms with Crippen LogP contribution in [0.1, 0.15) is 6.92 Å². The summed E-state index contributed by atoms with van der Waals surface area (Å²) in [6, 6.07) is 7.44. The molecule has 1 aromatic rings. The van der Waals surface area contributed by atoms with Gasteiger partial charge in [0.25, 0.3) is 0 Å². The topological polar surface area (TPSA) is 50.4 Å². The molecule has 4 nitrogen and oxygen atoms in total. The summed E-state index contributed by atoms with van der Waals surface area (Å²) in [6.45, 7) is 3.29. The number of morpholine rings is 1. The van der Waals surface area contributed by atoms with Crippen molar-refractivity contribution in [1.29, 1.82) is 0 Å². The zero-order valence-electron chi connectivity index (χ0n) is 9.98. The van der Waals surface area contributed by atoms with E-state index in [4.69, 9.17) is 4.74 Å². The Morgan fingerprint density at radius 3 is 2.72 bits per heavy atom. The lowest BCUT2D eigenvalue weighted by Gasteiger charge is -2.29. The van der Waals surface area contributed by atoms with Gasteiger partial charge in [0.2, 0.25) is 5.91 Å². The van der Waals surface area contributed by atoms with Crippen LogP contribution in [0, 0.1) is 3.57 Å². The predicted molar refractivity (Wildman–Crippen MR) is 82.2 cm³/mol.